The average Bonchev–Trinajstić information content (AvgIpc) is 3.98. The van der Waals surface area contributed by atoms with Crippen molar-refractivity contribution < 1.29 is 0 Å². The van der Waals surface area contributed by atoms with Gasteiger partial charge in [-0.25, -0.2) is 15.0 Å². The molecule has 0 unspecified atom stereocenters. The van der Waals surface area contributed by atoms with Crippen LogP contribution in [-0.2, 0) is 5.41 Å². The Hall–Kier alpha value is -7.79. The molecule has 0 aliphatic heterocycles. The van der Waals surface area contributed by atoms with Crippen molar-refractivity contribution in [1.29, 1.82) is 0 Å². The molecule has 0 saturated heterocycles. The smallest absolute Gasteiger partial charge is 0.164 e. The van der Waals surface area contributed by atoms with Crippen molar-refractivity contribution in [3.63, 3.8) is 0 Å². The van der Waals surface area contributed by atoms with Gasteiger partial charge in [-0.1, -0.05) is 194 Å². The second-order valence-electron chi connectivity index (χ2n) is 16.2. The lowest BCUT2D eigenvalue weighted by Crippen LogP contribution is -2.25. The highest BCUT2D eigenvalue weighted by Crippen LogP contribution is 2.63. The summed E-state index contributed by atoms with van der Waals surface area (Å²) in [5.41, 5.74) is 17.6. The molecule has 2 aliphatic carbocycles. The van der Waals surface area contributed by atoms with Gasteiger partial charge in [0.15, 0.2) is 17.5 Å². The number of benzene rings is 9. The number of hydrogen-bond acceptors (Lipinski definition) is 4. The summed E-state index contributed by atoms with van der Waals surface area (Å²) in [4.78, 5) is 15.6. The van der Waals surface area contributed by atoms with Gasteiger partial charge in [-0.15, -0.1) is 11.3 Å². The van der Waals surface area contributed by atoms with Crippen LogP contribution in [0.1, 0.15) is 22.3 Å². The van der Waals surface area contributed by atoms with Gasteiger partial charge in [-0.05, 0) is 85.0 Å². The molecule has 11 aromatic rings. The van der Waals surface area contributed by atoms with E-state index in [1.165, 1.54) is 75.8 Å². The lowest BCUT2D eigenvalue weighted by atomic mass is 9.70. The van der Waals surface area contributed by atoms with Crippen LogP contribution in [0.15, 0.2) is 212 Å². The maximum absolute atomic E-state index is 5.26. The molecule has 0 amide bonds. The van der Waals surface area contributed by atoms with Crippen molar-refractivity contribution in [3.05, 3.63) is 235 Å². The molecule has 0 saturated carbocycles. The number of nitrogens with zero attached hydrogens (tertiary/aromatic N) is 3. The van der Waals surface area contributed by atoms with Crippen molar-refractivity contribution in [3.8, 4) is 78.7 Å². The van der Waals surface area contributed by atoms with Gasteiger partial charge in [0.25, 0.3) is 0 Å². The summed E-state index contributed by atoms with van der Waals surface area (Å²) in [6, 6.07) is 76.7. The van der Waals surface area contributed by atoms with Gasteiger partial charge >= 0.3 is 0 Å². The van der Waals surface area contributed by atoms with E-state index in [4.69, 9.17) is 15.0 Å². The van der Waals surface area contributed by atoms with Crippen LogP contribution in [0.5, 0.6) is 0 Å². The van der Waals surface area contributed by atoms with Crippen molar-refractivity contribution >= 4 is 31.5 Å². The van der Waals surface area contributed by atoms with Crippen molar-refractivity contribution in [2.45, 2.75) is 5.41 Å². The zero-order valence-corrected chi connectivity index (χ0v) is 34.3. The van der Waals surface area contributed by atoms with Crippen LogP contribution in [0, 0.1) is 0 Å². The Kier molecular flexibility index (Phi) is 7.69. The van der Waals surface area contributed by atoms with Gasteiger partial charge in [-0.3, -0.25) is 0 Å². The zero-order chi connectivity index (χ0) is 40.8. The Balaban J connectivity index is 0.941. The number of fused-ring (bicyclic) bond motifs is 13. The quantitative estimate of drug-likeness (QED) is 0.174. The number of aromatic nitrogens is 3. The molecule has 0 N–H and O–H groups in total. The molecule has 9 aromatic carbocycles. The molecule has 2 heterocycles. The van der Waals surface area contributed by atoms with Crippen LogP contribution in [0.4, 0.5) is 0 Å². The maximum Gasteiger partial charge on any atom is 0.164 e. The molecular formula is C58H35N3S. The largest absolute Gasteiger partial charge is 0.208 e. The Bertz CT molecular complexity index is 3520. The van der Waals surface area contributed by atoms with E-state index in [0.29, 0.717) is 17.5 Å². The van der Waals surface area contributed by atoms with E-state index in [9.17, 15) is 0 Å². The molecule has 2 aliphatic rings. The molecule has 3 nitrogen and oxygen atoms in total. The van der Waals surface area contributed by atoms with E-state index in [1.807, 2.05) is 29.5 Å². The van der Waals surface area contributed by atoms with Gasteiger partial charge in [-0.2, -0.15) is 0 Å². The summed E-state index contributed by atoms with van der Waals surface area (Å²) in [6.45, 7) is 0. The normalized spacial score (nSPS) is 13.0. The van der Waals surface area contributed by atoms with Crippen molar-refractivity contribution in [2.24, 2.45) is 0 Å². The summed E-state index contributed by atoms with van der Waals surface area (Å²) in [5, 5.41) is 2.52. The molecule has 1 spiro atoms. The number of hydrogen-bond donors (Lipinski definition) is 0. The second kappa shape index (κ2) is 13.6. The lowest BCUT2D eigenvalue weighted by molar-refractivity contribution is 0.794. The van der Waals surface area contributed by atoms with Crippen LogP contribution < -0.4 is 0 Å². The first kappa shape index (κ1) is 35.0. The second-order valence-corrected chi connectivity index (χ2v) is 17.3. The summed E-state index contributed by atoms with van der Waals surface area (Å²) in [5.74, 6) is 1.92. The summed E-state index contributed by atoms with van der Waals surface area (Å²) >= 11 is 1.83. The van der Waals surface area contributed by atoms with Gasteiger partial charge in [0.05, 0.1) is 5.41 Å². The van der Waals surface area contributed by atoms with E-state index < -0.39 is 0 Å². The van der Waals surface area contributed by atoms with Crippen molar-refractivity contribution in [1.82, 2.24) is 15.0 Å². The third-order valence-electron chi connectivity index (χ3n) is 13.0. The van der Waals surface area contributed by atoms with Crippen LogP contribution in [0.2, 0.25) is 0 Å². The van der Waals surface area contributed by atoms with Gasteiger partial charge in [0.2, 0.25) is 0 Å². The number of rotatable bonds is 5. The van der Waals surface area contributed by atoms with Crippen LogP contribution in [0.25, 0.3) is 98.8 Å². The monoisotopic (exact) mass is 805 g/mol. The molecule has 0 radical (unpaired) electrons. The molecule has 0 bridgehead atoms. The molecule has 0 fully saturated rings. The first-order valence-electron chi connectivity index (χ1n) is 21.1. The predicted octanol–water partition coefficient (Wildman–Crippen LogP) is 14.9. The first-order valence-corrected chi connectivity index (χ1v) is 21.9. The van der Waals surface area contributed by atoms with Crippen LogP contribution >= 0.6 is 11.3 Å². The molecule has 2 aromatic heterocycles. The maximum atomic E-state index is 5.26. The standard InChI is InChI=1S/C58H35N3S/c1-2-15-37(16-3-1)55-59-56(61-57(60-55)46-21-5-4-17-40(46)45-23-14-28-53-54(45)47-22-9-13-27-52(47)62-53)38-31-29-36(30-32-38)39-33-34-44-43-20-8-12-26-50(43)58(51(44)35-39)48-24-10-6-18-41(48)42-19-7-11-25-49(42)58/h1-35H. The van der Waals surface area contributed by atoms with E-state index in [-0.39, 0.29) is 5.41 Å². The minimum absolute atomic E-state index is 0.386. The molecule has 13 rings (SSSR count). The Morgan fingerprint density at radius 2 is 0.758 bits per heavy atom. The Labute approximate surface area is 363 Å². The summed E-state index contributed by atoms with van der Waals surface area (Å²) in [6.07, 6.45) is 0. The highest BCUT2D eigenvalue weighted by molar-refractivity contribution is 7.25. The summed E-state index contributed by atoms with van der Waals surface area (Å²) in [7, 11) is 0. The fourth-order valence-corrected chi connectivity index (χ4v) is 11.5. The minimum atomic E-state index is -0.386. The minimum Gasteiger partial charge on any atom is -0.208 e. The van der Waals surface area contributed by atoms with E-state index >= 15 is 0 Å². The van der Waals surface area contributed by atoms with Crippen LogP contribution in [-0.4, -0.2) is 15.0 Å². The van der Waals surface area contributed by atoms with Crippen LogP contribution in [0.3, 0.4) is 0 Å². The highest BCUT2D eigenvalue weighted by atomic mass is 32.1. The van der Waals surface area contributed by atoms with Crippen molar-refractivity contribution in [2.75, 3.05) is 0 Å². The molecule has 4 heteroatoms. The Morgan fingerprint density at radius 1 is 0.290 bits per heavy atom. The lowest BCUT2D eigenvalue weighted by Gasteiger charge is -2.30. The Morgan fingerprint density at radius 3 is 1.44 bits per heavy atom. The van der Waals surface area contributed by atoms with E-state index in [2.05, 4.69) is 194 Å². The predicted molar refractivity (Wildman–Crippen MR) is 256 cm³/mol. The van der Waals surface area contributed by atoms with E-state index in [0.717, 1.165) is 27.8 Å². The van der Waals surface area contributed by atoms with Gasteiger partial charge in [0.1, 0.15) is 0 Å². The van der Waals surface area contributed by atoms with Gasteiger partial charge in [0, 0.05) is 36.9 Å². The molecule has 0 atom stereocenters. The fourth-order valence-electron chi connectivity index (χ4n) is 10.3. The zero-order valence-electron chi connectivity index (χ0n) is 33.5. The van der Waals surface area contributed by atoms with Gasteiger partial charge < -0.3 is 0 Å². The SMILES string of the molecule is c1ccc(-c2nc(-c3ccc(-c4ccc5c(c4)C4(c6ccccc6-c6ccccc64)c4ccccc4-5)cc3)nc(-c3ccccc3-c3cccc4sc5ccccc5c34)n2)cc1. The third kappa shape index (κ3) is 5.08. The molecular weight excluding hydrogens is 771 g/mol. The first-order chi connectivity index (χ1) is 30.7. The fraction of sp³-hybridized carbons (Fsp3) is 0.0172. The summed E-state index contributed by atoms with van der Waals surface area (Å²) < 4.78 is 2.55. The third-order valence-corrected chi connectivity index (χ3v) is 14.1. The number of thiophene rings is 1. The topological polar surface area (TPSA) is 38.7 Å². The molecule has 288 valence electrons. The van der Waals surface area contributed by atoms with E-state index in [1.54, 1.807) is 0 Å². The average molecular weight is 806 g/mol. The molecule has 62 heavy (non-hydrogen) atoms. The highest BCUT2D eigenvalue weighted by Gasteiger charge is 2.51.